The molecule has 0 aliphatic heterocycles. The minimum Gasteiger partial charge on any atom is -0.197 e. The molecule has 0 aliphatic carbocycles. The van der Waals surface area contributed by atoms with E-state index in [2.05, 4.69) is 12.1 Å². The maximum Gasteiger partial charge on any atom is 0.101 e. The molecular weight excluding hydrogens is 180 g/mol. The lowest BCUT2D eigenvalue weighted by Crippen LogP contribution is -2.27. The largest absolute Gasteiger partial charge is 0.197 e. The number of hydrogen-bond acceptors (Lipinski definition) is 3. The molecule has 0 rings (SSSR count). The molecule has 0 spiro atoms. The van der Waals surface area contributed by atoms with Crippen molar-refractivity contribution in [1.29, 1.82) is 10.5 Å². The average Bonchev–Trinajstić information content (AvgIpc) is 2.17. The zero-order valence-corrected chi connectivity index (χ0v) is 9.53. The lowest BCUT2D eigenvalue weighted by atomic mass is 10.1. The molecule has 0 aromatic heterocycles. The van der Waals surface area contributed by atoms with Crippen LogP contribution in [0.2, 0.25) is 0 Å². The van der Waals surface area contributed by atoms with Crippen LogP contribution in [-0.2, 0) is 0 Å². The summed E-state index contributed by atoms with van der Waals surface area (Å²) in [6.07, 6.45) is 1.54. The number of nitrogens with zero attached hydrogens (tertiary/aromatic N) is 2. The van der Waals surface area contributed by atoms with Crippen LogP contribution in [0.1, 0.15) is 40.5 Å². The summed E-state index contributed by atoms with van der Waals surface area (Å²) in [5.41, 5.74) is 0. The molecule has 0 aliphatic rings. The first-order valence-electron chi connectivity index (χ1n) is 4.48. The van der Waals surface area contributed by atoms with E-state index in [0.717, 1.165) is 12.8 Å². The van der Waals surface area contributed by atoms with Gasteiger partial charge in [0.25, 0.3) is 0 Å². The van der Waals surface area contributed by atoms with Gasteiger partial charge in [0, 0.05) is 0 Å². The molecule has 0 fully saturated rings. The third kappa shape index (κ3) is 3.28. The van der Waals surface area contributed by atoms with Gasteiger partial charge in [0.05, 0.1) is 12.1 Å². The number of nitriles is 2. The number of rotatable bonds is 4. The Labute approximate surface area is 84.9 Å². The topological polar surface area (TPSA) is 47.6 Å². The highest BCUT2D eigenvalue weighted by molar-refractivity contribution is 8.02. The van der Waals surface area contributed by atoms with Gasteiger partial charge in [-0.05, 0) is 26.7 Å². The van der Waals surface area contributed by atoms with Crippen molar-refractivity contribution in [3.8, 4) is 12.1 Å². The van der Waals surface area contributed by atoms with Crippen LogP contribution >= 0.6 is 11.8 Å². The summed E-state index contributed by atoms with van der Waals surface area (Å²) in [6, 6.07) is 4.53. The summed E-state index contributed by atoms with van der Waals surface area (Å²) in [5, 5.41) is 17.9. The first-order valence-corrected chi connectivity index (χ1v) is 5.29. The van der Waals surface area contributed by atoms with Gasteiger partial charge in [-0.3, -0.25) is 0 Å². The molecule has 0 heterocycles. The summed E-state index contributed by atoms with van der Waals surface area (Å²) >= 11 is 1.47. The lowest BCUT2D eigenvalue weighted by Gasteiger charge is -2.28. The van der Waals surface area contributed by atoms with Crippen LogP contribution < -0.4 is 0 Å². The van der Waals surface area contributed by atoms with Gasteiger partial charge < -0.3 is 0 Å². The molecular formula is C10H16N2S. The van der Waals surface area contributed by atoms with Crippen LogP contribution in [0.25, 0.3) is 0 Å². The molecule has 0 saturated heterocycles. The van der Waals surface area contributed by atoms with E-state index in [1.165, 1.54) is 11.8 Å². The highest BCUT2D eigenvalue weighted by Crippen LogP contribution is 2.40. The average molecular weight is 196 g/mol. The van der Waals surface area contributed by atoms with E-state index in [0.29, 0.717) is 0 Å². The lowest BCUT2D eigenvalue weighted by molar-refractivity contribution is 0.716. The van der Waals surface area contributed by atoms with E-state index in [-0.39, 0.29) is 0 Å². The molecule has 0 aromatic carbocycles. The second kappa shape index (κ2) is 4.53. The van der Waals surface area contributed by atoms with E-state index in [1.807, 2.05) is 27.7 Å². The van der Waals surface area contributed by atoms with Gasteiger partial charge in [0.2, 0.25) is 0 Å². The third-order valence-corrected chi connectivity index (χ3v) is 3.93. The summed E-state index contributed by atoms with van der Waals surface area (Å²) in [6.45, 7) is 7.74. The predicted octanol–water partition coefficient (Wildman–Crippen LogP) is 3.10. The van der Waals surface area contributed by atoms with E-state index in [1.54, 1.807) is 0 Å². The summed E-state index contributed by atoms with van der Waals surface area (Å²) in [4.78, 5) is 0. The number of thioether (sulfide) groups is 1. The van der Waals surface area contributed by atoms with Crippen molar-refractivity contribution in [2.45, 2.75) is 50.0 Å². The molecule has 0 saturated carbocycles. The SMILES string of the molecule is CCC(C)(C#N)SC(C)(C#N)CC. The van der Waals surface area contributed by atoms with Crippen LogP contribution in [0, 0.1) is 22.7 Å². The summed E-state index contributed by atoms with van der Waals surface area (Å²) < 4.78 is -0.860. The van der Waals surface area contributed by atoms with Crippen LogP contribution in [0.5, 0.6) is 0 Å². The Kier molecular flexibility index (Phi) is 4.30. The Hall–Kier alpha value is -0.670. The Morgan fingerprint density at radius 3 is 1.46 bits per heavy atom. The van der Waals surface area contributed by atoms with Crippen LogP contribution in [0.4, 0.5) is 0 Å². The molecule has 72 valence electrons. The van der Waals surface area contributed by atoms with Crippen LogP contribution in [-0.4, -0.2) is 9.49 Å². The fourth-order valence-electron chi connectivity index (χ4n) is 0.845. The third-order valence-electron chi connectivity index (χ3n) is 2.27. The van der Waals surface area contributed by atoms with Crippen molar-refractivity contribution < 1.29 is 0 Å². The molecule has 0 bridgehead atoms. The highest BCUT2D eigenvalue weighted by Gasteiger charge is 2.34. The molecule has 0 aromatic rings. The summed E-state index contributed by atoms with van der Waals surface area (Å²) in [7, 11) is 0. The second-order valence-electron chi connectivity index (χ2n) is 3.49. The molecule has 2 unspecified atom stereocenters. The normalized spacial score (nSPS) is 19.2. The van der Waals surface area contributed by atoms with Gasteiger partial charge in [-0.15, -0.1) is 11.8 Å². The van der Waals surface area contributed by atoms with E-state index in [9.17, 15) is 0 Å². The molecule has 0 N–H and O–H groups in total. The van der Waals surface area contributed by atoms with Crippen molar-refractivity contribution in [2.24, 2.45) is 0 Å². The standard InChI is InChI=1S/C10H16N2S/c1-5-9(3,7-11)13-10(4,6-2)8-12/h5-6H2,1-4H3. The maximum atomic E-state index is 8.96. The van der Waals surface area contributed by atoms with Crippen LogP contribution in [0.3, 0.4) is 0 Å². The van der Waals surface area contributed by atoms with Gasteiger partial charge in [-0.25, -0.2) is 0 Å². The molecule has 0 amide bonds. The Morgan fingerprint density at radius 1 is 1.00 bits per heavy atom. The second-order valence-corrected chi connectivity index (χ2v) is 5.50. The van der Waals surface area contributed by atoms with Crippen molar-refractivity contribution in [3.63, 3.8) is 0 Å². The monoisotopic (exact) mass is 196 g/mol. The first-order chi connectivity index (χ1) is 5.95. The summed E-state index contributed by atoms with van der Waals surface area (Å²) in [5.74, 6) is 0. The van der Waals surface area contributed by atoms with Crippen LogP contribution in [0.15, 0.2) is 0 Å². The smallest absolute Gasteiger partial charge is 0.101 e. The molecule has 13 heavy (non-hydrogen) atoms. The minimum atomic E-state index is -0.430. The Bertz CT molecular complexity index is 225. The maximum absolute atomic E-state index is 8.96. The van der Waals surface area contributed by atoms with E-state index < -0.39 is 9.49 Å². The molecule has 0 radical (unpaired) electrons. The van der Waals surface area contributed by atoms with Gasteiger partial charge >= 0.3 is 0 Å². The van der Waals surface area contributed by atoms with Gasteiger partial charge in [-0.1, -0.05) is 13.8 Å². The predicted molar refractivity (Wildman–Crippen MR) is 56.2 cm³/mol. The number of hydrogen-bond donors (Lipinski definition) is 0. The molecule has 3 heteroatoms. The molecule has 2 nitrogen and oxygen atoms in total. The van der Waals surface area contributed by atoms with Gasteiger partial charge in [-0.2, -0.15) is 10.5 Å². The highest BCUT2D eigenvalue weighted by atomic mass is 32.2. The minimum absolute atomic E-state index is 0.430. The van der Waals surface area contributed by atoms with E-state index >= 15 is 0 Å². The van der Waals surface area contributed by atoms with E-state index in [4.69, 9.17) is 10.5 Å². The van der Waals surface area contributed by atoms with Crippen molar-refractivity contribution in [1.82, 2.24) is 0 Å². The zero-order valence-electron chi connectivity index (χ0n) is 8.72. The zero-order chi connectivity index (χ0) is 10.5. The first kappa shape index (κ1) is 12.3. The quantitative estimate of drug-likeness (QED) is 0.694. The van der Waals surface area contributed by atoms with Crippen molar-refractivity contribution >= 4 is 11.8 Å². The molecule has 2 atom stereocenters. The fraction of sp³-hybridized carbons (Fsp3) is 0.800. The fourth-order valence-corrected chi connectivity index (χ4v) is 2.22. The van der Waals surface area contributed by atoms with Gasteiger partial charge in [0.15, 0.2) is 0 Å². The Balaban J connectivity index is 4.61. The van der Waals surface area contributed by atoms with Gasteiger partial charge in [0.1, 0.15) is 9.49 Å². The van der Waals surface area contributed by atoms with Crippen molar-refractivity contribution in [3.05, 3.63) is 0 Å². The Morgan fingerprint density at radius 2 is 1.31 bits per heavy atom. The van der Waals surface area contributed by atoms with Crippen molar-refractivity contribution in [2.75, 3.05) is 0 Å².